The number of furan rings is 1. The van der Waals surface area contributed by atoms with Crippen LogP contribution >= 0.6 is 0 Å². The molecule has 1 aliphatic heterocycles. The summed E-state index contributed by atoms with van der Waals surface area (Å²) in [6.07, 6.45) is 1.53. The first-order valence-electron chi connectivity index (χ1n) is 4.51. The molecule has 0 aliphatic carbocycles. The maximum atomic E-state index is 11.7. The first-order chi connectivity index (χ1) is 6.16. The Labute approximate surface area is 77.3 Å². The number of aryl methyl sites for hydroxylation is 1. The second kappa shape index (κ2) is 2.91. The van der Waals surface area contributed by atoms with Crippen LogP contribution in [0.2, 0.25) is 0 Å². The van der Waals surface area contributed by atoms with Crippen LogP contribution in [0.4, 0.5) is 0 Å². The van der Waals surface area contributed by atoms with Crippen LogP contribution in [-0.4, -0.2) is 23.9 Å². The van der Waals surface area contributed by atoms with Crippen LogP contribution in [0, 0.1) is 12.8 Å². The van der Waals surface area contributed by atoms with Gasteiger partial charge in [-0.1, -0.05) is 6.92 Å². The van der Waals surface area contributed by atoms with Gasteiger partial charge in [0.05, 0.1) is 5.56 Å². The van der Waals surface area contributed by atoms with Crippen LogP contribution in [0.1, 0.15) is 23.0 Å². The van der Waals surface area contributed by atoms with Crippen LogP contribution < -0.4 is 0 Å². The van der Waals surface area contributed by atoms with Crippen molar-refractivity contribution >= 4 is 5.91 Å². The molecule has 1 fully saturated rings. The fraction of sp³-hybridized carbons (Fsp3) is 0.500. The lowest BCUT2D eigenvalue weighted by Crippen LogP contribution is -2.48. The molecule has 0 unspecified atom stereocenters. The highest BCUT2D eigenvalue weighted by Gasteiger charge is 2.28. The van der Waals surface area contributed by atoms with E-state index in [0.717, 1.165) is 18.8 Å². The molecule has 0 radical (unpaired) electrons. The number of nitrogens with zero attached hydrogens (tertiary/aromatic N) is 1. The molecule has 2 heterocycles. The third-order valence-corrected chi connectivity index (χ3v) is 2.33. The molecular weight excluding hydrogens is 166 g/mol. The molecule has 0 bridgehead atoms. The summed E-state index contributed by atoms with van der Waals surface area (Å²) in [5.74, 6) is 1.53. The number of amides is 1. The predicted molar refractivity (Wildman–Crippen MR) is 48.5 cm³/mol. The molecule has 1 aromatic heterocycles. The molecule has 70 valence electrons. The van der Waals surface area contributed by atoms with Crippen LogP contribution in [0.15, 0.2) is 16.7 Å². The van der Waals surface area contributed by atoms with E-state index in [1.165, 1.54) is 6.26 Å². The third kappa shape index (κ3) is 1.46. The predicted octanol–water partition coefficient (Wildman–Crippen LogP) is 1.68. The van der Waals surface area contributed by atoms with Gasteiger partial charge in [0.1, 0.15) is 12.0 Å². The highest BCUT2D eigenvalue weighted by Crippen LogP contribution is 2.18. The van der Waals surface area contributed by atoms with E-state index < -0.39 is 0 Å². The minimum Gasteiger partial charge on any atom is -0.469 e. The maximum absolute atomic E-state index is 11.7. The summed E-state index contributed by atoms with van der Waals surface area (Å²) in [4.78, 5) is 13.5. The quantitative estimate of drug-likeness (QED) is 0.657. The normalized spacial score (nSPS) is 17.2. The molecule has 1 aromatic rings. The summed E-state index contributed by atoms with van der Waals surface area (Å²) < 4.78 is 5.08. The van der Waals surface area contributed by atoms with E-state index in [1.807, 2.05) is 11.8 Å². The summed E-state index contributed by atoms with van der Waals surface area (Å²) in [6.45, 7) is 5.74. The van der Waals surface area contributed by atoms with Crippen molar-refractivity contribution in [2.75, 3.05) is 13.1 Å². The molecule has 0 atom stereocenters. The zero-order chi connectivity index (χ0) is 9.42. The molecule has 1 aliphatic rings. The highest BCUT2D eigenvalue weighted by molar-refractivity contribution is 5.94. The number of carbonyl (C=O) groups excluding carboxylic acids is 1. The summed E-state index contributed by atoms with van der Waals surface area (Å²) in [5, 5.41) is 0. The van der Waals surface area contributed by atoms with Crippen molar-refractivity contribution in [3.05, 3.63) is 23.7 Å². The Kier molecular flexibility index (Phi) is 1.87. The number of likely N-dealkylation sites (tertiary alicyclic amines) is 1. The lowest BCUT2D eigenvalue weighted by Gasteiger charge is -2.36. The van der Waals surface area contributed by atoms with E-state index in [4.69, 9.17) is 4.42 Å². The second-order valence-corrected chi connectivity index (χ2v) is 3.76. The standard InChI is InChI=1S/C10H13NO2/c1-7-4-11(5-7)10(12)9-3-8(2)13-6-9/h3,6-7H,4-5H2,1-2H3. The zero-order valence-electron chi connectivity index (χ0n) is 7.91. The average molecular weight is 179 g/mol. The van der Waals surface area contributed by atoms with E-state index in [0.29, 0.717) is 11.5 Å². The van der Waals surface area contributed by atoms with Gasteiger partial charge in [-0.25, -0.2) is 0 Å². The van der Waals surface area contributed by atoms with Gasteiger partial charge in [-0.2, -0.15) is 0 Å². The van der Waals surface area contributed by atoms with Gasteiger partial charge in [-0.15, -0.1) is 0 Å². The molecule has 0 aromatic carbocycles. The summed E-state index contributed by atoms with van der Waals surface area (Å²) in [7, 11) is 0. The van der Waals surface area contributed by atoms with Crippen LogP contribution in [-0.2, 0) is 0 Å². The van der Waals surface area contributed by atoms with E-state index in [1.54, 1.807) is 6.07 Å². The Balaban J connectivity index is 2.06. The van der Waals surface area contributed by atoms with Crippen molar-refractivity contribution in [3.63, 3.8) is 0 Å². The smallest absolute Gasteiger partial charge is 0.257 e. The molecule has 0 spiro atoms. The van der Waals surface area contributed by atoms with E-state index in [9.17, 15) is 4.79 Å². The molecule has 0 N–H and O–H groups in total. The molecular formula is C10H13NO2. The molecule has 1 saturated heterocycles. The molecule has 3 nitrogen and oxygen atoms in total. The molecule has 13 heavy (non-hydrogen) atoms. The number of carbonyl (C=O) groups is 1. The molecule has 3 heteroatoms. The Morgan fingerprint density at radius 1 is 1.62 bits per heavy atom. The van der Waals surface area contributed by atoms with Crippen LogP contribution in [0.5, 0.6) is 0 Å². The molecule has 1 amide bonds. The van der Waals surface area contributed by atoms with Gasteiger partial charge in [0.2, 0.25) is 0 Å². The van der Waals surface area contributed by atoms with Crippen molar-refractivity contribution in [2.24, 2.45) is 5.92 Å². The average Bonchev–Trinajstić information content (AvgIpc) is 2.45. The number of hydrogen-bond acceptors (Lipinski definition) is 2. The van der Waals surface area contributed by atoms with Gasteiger partial charge in [-0.05, 0) is 18.9 Å². The number of hydrogen-bond donors (Lipinski definition) is 0. The topological polar surface area (TPSA) is 33.5 Å². The minimum absolute atomic E-state index is 0.0925. The summed E-state index contributed by atoms with van der Waals surface area (Å²) >= 11 is 0. The fourth-order valence-electron chi connectivity index (χ4n) is 1.60. The largest absolute Gasteiger partial charge is 0.469 e. The Morgan fingerprint density at radius 3 is 2.77 bits per heavy atom. The van der Waals surface area contributed by atoms with Crippen LogP contribution in [0.25, 0.3) is 0 Å². The van der Waals surface area contributed by atoms with Crippen molar-refractivity contribution in [3.8, 4) is 0 Å². The molecule has 0 saturated carbocycles. The van der Waals surface area contributed by atoms with E-state index in [2.05, 4.69) is 6.92 Å². The van der Waals surface area contributed by atoms with Gasteiger partial charge in [0, 0.05) is 13.1 Å². The van der Waals surface area contributed by atoms with Gasteiger partial charge in [0.15, 0.2) is 0 Å². The minimum atomic E-state index is 0.0925. The Hall–Kier alpha value is -1.25. The van der Waals surface area contributed by atoms with Crippen molar-refractivity contribution in [1.82, 2.24) is 4.90 Å². The highest BCUT2D eigenvalue weighted by atomic mass is 16.3. The first kappa shape index (κ1) is 8.35. The lowest BCUT2D eigenvalue weighted by molar-refractivity contribution is 0.0529. The Morgan fingerprint density at radius 2 is 2.31 bits per heavy atom. The zero-order valence-corrected chi connectivity index (χ0v) is 7.91. The SMILES string of the molecule is Cc1cc(C(=O)N2CC(C)C2)co1. The van der Waals surface area contributed by atoms with Crippen molar-refractivity contribution < 1.29 is 9.21 Å². The summed E-state index contributed by atoms with van der Waals surface area (Å²) in [6, 6.07) is 1.78. The maximum Gasteiger partial charge on any atom is 0.257 e. The van der Waals surface area contributed by atoms with Gasteiger partial charge >= 0.3 is 0 Å². The molecule has 2 rings (SSSR count). The van der Waals surface area contributed by atoms with Crippen LogP contribution in [0.3, 0.4) is 0 Å². The van der Waals surface area contributed by atoms with Gasteiger partial charge in [0.25, 0.3) is 5.91 Å². The first-order valence-corrected chi connectivity index (χ1v) is 4.51. The summed E-state index contributed by atoms with van der Waals surface area (Å²) in [5.41, 5.74) is 0.671. The second-order valence-electron chi connectivity index (χ2n) is 3.76. The Bertz CT molecular complexity index is 323. The monoisotopic (exact) mass is 179 g/mol. The van der Waals surface area contributed by atoms with Gasteiger partial charge in [-0.3, -0.25) is 4.79 Å². The van der Waals surface area contributed by atoms with Crippen molar-refractivity contribution in [1.29, 1.82) is 0 Å². The van der Waals surface area contributed by atoms with E-state index >= 15 is 0 Å². The van der Waals surface area contributed by atoms with Crippen molar-refractivity contribution in [2.45, 2.75) is 13.8 Å². The number of rotatable bonds is 1. The third-order valence-electron chi connectivity index (χ3n) is 2.33. The lowest BCUT2D eigenvalue weighted by atomic mass is 10.0. The van der Waals surface area contributed by atoms with E-state index in [-0.39, 0.29) is 5.91 Å². The van der Waals surface area contributed by atoms with Gasteiger partial charge < -0.3 is 9.32 Å². The fourth-order valence-corrected chi connectivity index (χ4v) is 1.60.